The summed E-state index contributed by atoms with van der Waals surface area (Å²) in [4.78, 5) is 25.0. The third-order valence-electron chi connectivity index (χ3n) is 4.34. The van der Waals surface area contributed by atoms with Crippen LogP contribution in [0.5, 0.6) is 0 Å². The number of rotatable bonds is 5. The molecule has 1 fully saturated rings. The first-order valence-electron chi connectivity index (χ1n) is 8.08. The van der Waals surface area contributed by atoms with E-state index in [1.807, 2.05) is 39.0 Å². The number of hydrogen-bond acceptors (Lipinski definition) is 6. The van der Waals surface area contributed by atoms with E-state index in [1.54, 1.807) is 11.1 Å². The topological polar surface area (TPSA) is 75.4 Å². The summed E-state index contributed by atoms with van der Waals surface area (Å²) in [6, 6.07) is 1.85. The second kappa shape index (κ2) is 6.22. The van der Waals surface area contributed by atoms with Gasteiger partial charge >= 0.3 is 0 Å². The van der Waals surface area contributed by atoms with Gasteiger partial charge in [0.15, 0.2) is 5.76 Å². The summed E-state index contributed by atoms with van der Waals surface area (Å²) < 4.78 is 5.36. The van der Waals surface area contributed by atoms with Gasteiger partial charge in [0.25, 0.3) is 0 Å². The lowest BCUT2D eigenvalue weighted by atomic mass is 10.1. The van der Waals surface area contributed by atoms with Crippen molar-refractivity contribution in [3.05, 3.63) is 23.7 Å². The SMILES string of the molecule is Cc1cc(-c2cnc(N(C)C)nc2CN(C)C(=O)[C@H]2C[C@H]2C)on1. The largest absolute Gasteiger partial charge is 0.356 e. The van der Waals surface area contributed by atoms with E-state index in [0.717, 1.165) is 23.4 Å². The molecule has 0 radical (unpaired) electrons. The van der Waals surface area contributed by atoms with E-state index >= 15 is 0 Å². The number of carbonyl (C=O) groups is 1. The van der Waals surface area contributed by atoms with Crippen molar-refractivity contribution in [3.63, 3.8) is 0 Å². The summed E-state index contributed by atoms with van der Waals surface area (Å²) in [5.41, 5.74) is 2.32. The average Bonchev–Trinajstić information content (AvgIpc) is 3.11. The molecule has 1 aliphatic rings. The number of aryl methyl sites for hydroxylation is 1. The van der Waals surface area contributed by atoms with E-state index in [-0.39, 0.29) is 11.8 Å². The highest BCUT2D eigenvalue weighted by molar-refractivity contribution is 5.81. The predicted octanol–water partition coefficient (Wildman–Crippen LogP) is 2.12. The quantitative estimate of drug-likeness (QED) is 0.836. The molecule has 0 spiro atoms. The van der Waals surface area contributed by atoms with Crippen molar-refractivity contribution >= 4 is 11.9 Å². The fourth-order valence-corrected chi connectivity index (χ4v) is 2.69. The van der Waals surface area contributed by atoms with Crippen molar-refractivity contribution in [2.45, 2.75) is 26.8 Å². The van der Waals surface area contributed by atoms with Gasteiger partial charge in [-0.2, -0.15) is 0 Å². The van der Waals surface area contributed by atoms with Crippen LogP contribution in [-0.4, -0.2) is 47.1 Å². The van der Waals surface area contributed by atoms with Gasteiger partial charge in [-0.1, -0.05) is 12.1 Å². The van der Waals surface area contributed by atoms with E-state index in [4.69, 9.17) is 4.52 Å². The minimum absolute atomic E-state index is 0.154. The van der Waals surface area contributed by atoms with Crippen LogP contribution in [0.4, 0.5) is 5.95 Å². The lowest BCUT2D eigenvalue weighted by Crippen LogP contribution is -2.29. The minimum atomic E-state index is 0.154. The zero-order valence-corrected chi connectivity index (χ0v) is 14.8. The van der Waals surface area contributed by atoms with Crippen LogP contribution in [0.15, 0.2) is 16.8 Å². The molecular formula is C17H23N5O2. The molecule has 128 valence electrons. The van der Waals surface area contributed by atoms with Gasteiger partial charge in [-0.05, 0) is 19.3 Å². The number of anilines is 1. The van der Waals surface area contributed by atoms with E-state index < -0.39 is 0 Å². The van der Waals surface area contributed by atoms with Gasteiger partial charge in [0, 0.05) is 39.3 Å². The number of amides is 1. The second-order valence-corrected chi connectivity index (χ2v) is 6.77. The van der Waals surface area contributed by atoms with Gasteiger partial charge in [-0.25, -0.2) is 9.97 Å². The normalized spacial score (nSPS) is 19.2. The fourth-order valence-electron chi connectivity index (χ4n) is 2.69. The Labute approximate surface area is 141 Å². The van der Waals surface area contributed by atoms with Crippen LogP contribution in [-0.2, 0) is 11.3 Å². The van der Waals surface area contributed by atoms with Crippen LogP contribution < -0.4 is 4.90 Å². The van der Waals surface area contributed by atoms with Gasteiger partial charge in [0.1, 0.15) is 0 Å². The van der Waals surface area contributed by atoms with Crippen molar-refractivity contribution in [3.8, 4) is 11.3 Å². The number of nitrogens with zero attached hydrogens (tertiary/aromatic N) is 5. The Balaban J connectivity index is 1.91. The van der Waals surface area contributed by atoms with Crippen molar-refractivity contribution in [2.24, 2.45) is 11.8 Å². The Morgan fingerprint density at radius 3 is 2.62 bits per heavy atom. The zero-order chi connectivity index (χ0) is 17.4. The predicted molar refractivity (Wildman–Crippen MR) is 90.3 cm³/mol. The summed E-state index contributed by atoms with van der Waals surface area (Å²) in [5.74, 6) is 2.03. The maximum Gasteiger partial charge on any atom is 0.226 e. The Kier molecular flexibility index (Phi) is 4.26. The molecule has 3 rings (SSSR count). The van der Waals surface area contributed by atoms with E-state index in [9.17, 15) is 4.79 Å². The molecule has 7 heteroatoms. The molecule has 0 aromatic carbocycles. The van der Waals surface area contributed by atoms with Crippen molar-refractivity contribution in [2.75, 3.05) is 26.0 Å². The van der Waals surface area contributed by atoms with Gasteiger partial charge in [0.05, 0.1) is 23.5 Å². The monoisotopic (exact) mass is 329 g/mol. The van der Waals surface area contributed by atoms with Crippen molar-refractivity contribution in [1.82, 2.24) is 20.0 Å². The summed E-state index contributed by atoms with van der Waals surface area (Å²) in [5, 5.41) is 3.93. The Morgan fingerprint density at radius 2 is 2.08 bits per heavy atom. The van der Waals surface area contributed by atoms with Crippen LogP contribution in [0.25, 0.3) is 11.3 Å². The fraction of sp³-hybridized carbons (Fsp3) is 0.529. The van der Waals surface area contributed by atoms with Crippen molar-refractivity contribution in [1.29, 1.82) is 0 Å². The van der Waals surface area contributed by atoms with E-state index in [1.165, 1.54) is 0 Å². The van der Waals surface area contributed by atoms with Gasteiger partial charge < -0.3 is 14.3 Å². The highest BCUT2D eigenvalue weighted by Gasteiger charge is 2.40. The van der Waals surface area contributed by atoms with Crippen LogP contribution in [0.3, 0.4) is 0 Å². The molecule has 1 saturated carbocycles. The first-order valence-corrected chi connectivity index (χ1v) is 8.08. The molecule has 2 aromatic rings. The highest BCUT2D eigenvalue weighted by atomic mass is 16.5. The van der Waals surface area contributed by atoms with E-state index in [0.29, 0.717) is 24.2 Å². The Bertz CT molecular complexity index is 755. The molecule has 0 aliphatic heterocycles. The standard InChI is InChI=1S/C17H23N5O2/c1-10-6-12(10)16(23)22(5)9-14-13(15-7-11(2)20-24-15)8-18-17(19-14)21(3)4/h7-8,10,12H,6,9H2,1-5H3/t10-,12+/m1/s1. The number of hydrogen-bond donors (Lipinski definition) is 0. The maximum atomic E-state index is 12.4. The molecule has 1 amide bonds. The van der Waals surface area contributed by atoms with Crippen LogP contribution in [0.1, 0.15) is 24.7 Å². The van der Waals surface area contributed by atoms with Gasteiger partial charge in [-0.15, -0.1) is 0 Å². The molecule has 0 unspecified atom stereocenters. The average molecular weight is 329 g/mol. The summed E-state index contributed by atoms with van der Waals surface area (Å²) >= 11 is 0. The molecule has 0 N–H and O–H groups in total. The van der Waals surface area contributed by atoms with Crippen molar-refractivity contribution < 1.29 is 9.32 Å². The molecule has 2 heterocycles. The minimum Gasteiger partial charge on any atom is -0.356 e. The van der Waals surface area contributed by atoms with Crippen LogP contribution in [0.2, 0.25) is 0 Å². The molecule has 7 nitrogen and oxygen atoms in total. The third-order valence-corrected chi connectivity index (χ3v) is 4.34. The molecule has 2 aromatic heterocycles. The van der Waals surface area contributed by atoms with Crippen LogP contribution >= 0.6 is 0 Å². The first-order chi connectivity index (χ1) is 11.4. The van der Waals surface area contributed by atoms with Gasteiger partial charge in [-0.3, -0.25) is 4.79 Å². The second-order valence-electron chi connectivity index (χ2n) is 6.77. The molecule has 2 atom stereocenters. The summed E-state index contributed by atoms with van der Waals surface area (Å²) in [7, 11) is 5.59. The first kappa shape index (κ1) is 16.4. The molecule has 0 bridgehead atoms. The third kappa shape index (κ3) is 3.25. The smallest absolute Gasteiger partial charge is 0.226 e. The summed E-state index contributed by atoms with van der Waals surface area (Å²) in [6.45, 7) is 4.39. The molecule has 1 aliphatic carbocycles. The van der Waals surface area contributed by atoms with Gasteiger partial charge in [0.2, 0.25) is 11.9 Å². The summed E-state index contributed by atoms with van der Waals surface area (Å²) in [6.07, 6.45) is 2.71. The molecule has 24 heavy (non-hydrogen) atoms. The van der Waals surface area contributed by atoms with Crippen LogP contribution in [0, 0.1) is 18.8 Å². The highest BCUT2D eigenvalue weighted by Crippen LogP contribution is 2.39. The Hall–Kier alpha value is -2.44. The maximum absolute atomic E-state index is 12.4. The zero-order valence-electron chi connectivity index (χ0n) is 14.8. The Morgan fingerprint density at radius 1 is 1.38 bits per heavy atom. The molecular weight excluding hydrogens is 306 g/mol. The van der Waals surface area contributed by atoms with E-state index in [2.05, 4.69) is 22.0 Å². The lowest BCUT2D eigenvalue weighted by Gasteiger charge is -2.19. The number of carbonyl (C=O) groups excluding carboxylic acids is 1. The number of aromatic nitrogens is 3. The lowest BCUT2D eigenvalue weighted by molar-refractivity contribution is -0.132. The molecule has 0 saturated heterocycles.